The minimum atomic E-state index is -0.682. The SMILES string of the molecule is CCCCCCCCCCCCCCCCCCCCCCCCC(O)C(CO)NC(=O)CCCCC/C=C\CCCCCCCCOC(=O)CCCCCCCCCCCCCCCCCC. The van der Waals surface area contributed by atoms with E-state index in [4.69, 9.17) is 4.74 Å². The Morgan fingerprint density at radius 1 is 0.397 bits per heavy atom. The minimum absolute atomic E-state index is 0.00793. The number of carbonyl (C=O) groups is 2. The summed E-state index contributed by atoms with van der Waals surface area (Å²) in [5.74, 6) is -0.0686. The molecule has 0 fully saturated rings. The van der Waals surface area contributed by atoms with Gasteiger partial charge in [0.25, 0.3) is 0 Å². The maximum atomic E-state index is 12.5. The number of carbonyl (C=O) groups excluding carboxylic acids is 2. The Morgan fingerprint density at radius 2 is 0.691 bits per heavy atom. The molecular formula is C62H121NO5. The molecule has 0 aliphatic rings. The second-order valence-electron chi connectivity index (χ2n) is 21.4. The number of unbranched alkanes of at least 4 members (excludes halogenated alkanes) is 45. The number of nitrogens with one attached hydrogen (secondary N) is 1. The Kier molecular flexibility index (Phi) is 57.0. The van der Waals surface area contributed by atoms with Crippen LogP contribution in [0.4, 0.5) is 0 Å². The van der Waals surface area contributed by atoms with Crippen LogP contribution in [0, 0.1) is 0 Å². The highest BCUT2D eigenvalue weighted by Crippen LogP contribution is 2.18. The number of allylic oxidation sites excluding steroid dienone is 2. The normalized spacial score (nSPS) is 12.6. The molecule has 0 aliphatic heterocycles. The predicted molar refractivity (Wildman–Crippen MR) is 297 cm³/mol. The first-order chi connectivity index (χ1) is 33.5. The molecule has 0 aliphatic carbocycles. The van der Waals surface area contributed by atoms with Crippen molar-refractivity contribution in [1.82, 2.24) is 5.32 Å². The quantitative estimate of drug-likeness (QED) is 0.0321. The van der Waals surface area contributed by atoms with E-state index >= 15 is 0 Å². The van der Waals surface area contributed by atoms with E-state index in [-0.39, 0.29) is 18.5 Å². The molecule has 2 atom stereocenters. The first-order valence-corrected chi connectivity index (χ1v) is 30.9. The van der Waals surface area contributed by atoms with Crippen LogP contribution in [0.3, 0.4) is 0 Å². The largest absolute Gasteiger partial charge is 0.466 e. The molecule has 0 saturated carbocycles. The minimum Gasteiger partial charge on any atom is -0.466 e. The lowest BCUT2D eigenvalue weighted by Gasteiger charge is -2.22. The van der Waals surface area contributed by atoms with Gasteiger partial charge in [-0.15, -0.1) is 0 Å². The highest BCUT2D eigenvalue weighted by molar-refractivity contribution is 5.76. The second kappa shape index (κ2) is 58.2. The molecule has 404 valence electrons. The van der Waals surface area contributed by atoms with Crippen LogP contribution in [0.5, 0.6) is 0 Å². The van der Waals surface area contributed by atoms with Crippen molar-refractivity contribution in [2.24, 2.45) is 0 Å². The van der Waals surface area contributed by atoms with E-state index in [0.29, 0.717) is 25.9 Å². The molecule has 0 bridgehead atoms. The number of rotatable bonds is 58. The van der Waals surface area contributed by atoms with E-state index in [1.165, 1.54) is 244 Å². The first kappa shape index (κ1) is 66.6. The van der Waals surface area contributed by atoms with Crippen LogP contribution < -0.4 is 5.32 Å². The number of ether oxygens (including phenoxy) is 1. The number of amides is 1. The topological polar surface area (TPSA) is 95.9 Å². The summed E-state index contributed by atoms with van der Waals surface area (Å²) >= 11 is 0. The summed E-state index contributed by atoms with van der Waals surface area (Å²) in [6, 6.07) is -0.562. The van der Waals surface area contributed by atoms with Gasteiger partial charge >= 0.3 is 5.97 Å². The van der Waals surface area contributed by atoms with Gasteiger partial charge in [-0.1, -0.05) is 296 Å². The van der Waals surface area contributed by atoms with Crippen molar-refractivity contribution in [2.75, 3.05) is 13.2 Å². The summed E-state index contributed by atoms with van der Waals surface area (Å²) < 4.78 is 5.48. The summed E-state index contributed by atoms with van der Waals surface area (Å²) in [7, 11) is 0. The van der Waals surface area contributed by atoms with Crippen LogP contribution in [-0.4, -0.2) is 47.4 Å². The van der Waals surface area contributed by atoms with Gasteiger partial charge in [0, 0.05) is 12.8 Å². The fourth-order valence-electron chi connectivity index (χ4n) is 9.81. The Bertz CT molecular complexity index is 1020. The third-order valence-electron chi connectivity index (χ3n) is 14.6. The number of aliphatic hydroxyl groups is 2. The van der Waals surface area contributed by atoms with Crippen molar-refractivity contribution in [1.29, 1.82) is 0 Å². The van der Waals surface area contributed by atoms with Crippen molar-refractivity contribution in [3.05, 3.63) is 12.2 Å². The van der Waals surface area contributed by atoms with Crippen molar-refractivity contribution >= 4 is 11.9 Å². The van der Waals surface area contributed by atoms with Crippen molar-refractivity contribution in [3.63, 3.8) is 0 Å². The number of hydrogen-bond acceptors (Lipinski definition) is 5. The third kappa shape index (κ3) is 53.9. The summed E-state index contributed by atoms with van der Waals surface area (Å²) in [5.41, 5.74) is 0. The average Bonchev–Trinajstić information content (AvgIpc) is 3.34. The molecule has 0 radical (unpaired) electrons. The van der Waals surface area contributed by atoms with Crippen LogP contribution in [-0.2, 0) is 14.3 Å². The molecule has 0 spiro atoms. The summed E-state index contributed by atoms with van der Waals surface area (Å²) in [5, 5.41) is 23.3. The molecule has 2 unspecified atom stereocenters. The van der Waals surface area contributed by atoms with Crippen molar-refractivity contribution < 1.29 is 24.5 Å². The molecule has 0 saturated heterocycles. The molecule has 6 heteroatoms. The predicted octanol–water partition coefficient (Wildman–Crippen LogP) is 19.2. The van der Waals surface area contributed by atoms with Crippen molar-refractivity contribution in [2.45, 2.75) is 360 Å². The van der Waals surface area contributed by atoms with E-state index < -0.39 is 12.1 Å². The van der Waals surface area contributed by atoms with Gasteiger partial charge in [-0.3, -0.25) is 9.59 Å². The molecule has 0 heterocycles. The summed E-state index contributed by atoms with van der Waals surface area (Å²) in [6.45, 7) is 4.95. The Hall–Kier alpha value is -1.40. The van der Waals surface area contributed by atoms with Crippen LogP contribution in [0.25, 0.3) is 0 Å². The van der Waals surface area contributed by atoms with Crippen LogP contribution in [0.15, 0.2) is 12.2 Å². The van der Waals surface area contributed by atoms with E-state index in [0.717, 1.165) is 70.6 Å². The molecule has 0 aromatic carbocycles. The lowest BCUT2D eigenvalue weighted by molar-refractivity contribution is -0.143. The fourth-order valence-corrected chi connectivity index (χ4v) is 9.81. The van der Waals surface area contributed by atoms with Gasteiger partial charge in [-0.05, 0) is 51.4 Å². The number of hydrogen-bond donors (Lipinski definition) is 3. The zero-order valence-corrected chi connectivity index (χ0v) is 46.1. The van der Waals surface area contributed by atoms with Gasteiger partial charge in [-0.25, -0.2) is 0 Å². The molecule has 0 aromatic rings. The Labute approximate surface area is 425 Å². The second-order valence-corrected chi connectivity index (χ2v) is 21.4. The average molecular weight is 961 g/mol. The lowest BCUT2D eigenvalue weighted by atomic mass is 10.0. The summed E-state index contributed by atoms with van der Waals surface area (Å²) in [6.07, 6.45) is 69.3. The molecular weight excluding hydrogens is 839 g/mol. The van der Waals surface area contributed by atoms with Gasteiger partial charge in [0.05, 0.1) is 25.4 Å². The lowest BCUT2D eigenvalue weighted by Crippen LogP contribution is -2.45. The molecule has 6 nitrogen and oxygen atoms in total. The Balaban J connectivity index is 3.46. The molecule has 68 heavy (non-hydrogen) atoms. The fraction of sp³-hybridized carbons (Fsp3) is 0.935. The first-order valence-electron chi connectivity index (χ1n) is 30.9. The highest BCUT2D eigenvalue weighted by atomic mass is 16.5. The number of aliphatic hydroxyl groups excluding tert-OH is 2. The smallest absolute Gasteiger partial charge is 0.305 e. The maximum Gasteiger partial charge on any atom is 0.305 e. The zero-order chi connectivity index (χ0) is 49.3. The zero-order valence-electron chi connectivity index (χ0n) is 46.1. The van der Waals surface area contributed by atoms with E-state index in [2.05, 4.69) is 31.3 Å². The summed E-state index contributed by atoms with van der Waals surface area (Å²) in [4.78, 5) is 24.6. The molecule has 1 amide bonds. The van der Waals surface area contributed by atoms with Crippen LogP contribution in [0.2, 0.25) is 0 Å². The van der Waals surface area contributed by atoms with Crippen LogP contribution >= 0.6 is 0 Å². The van der Waals surface area contributed by atoms with E-state index in [9.17, 15) is 19.8 Å². The maximum absolute atomic E-state index is 12.5. The van der Waals surface area contributed by atoms with Gasteiger partial charge in [0.2, 0.25) is 5.91 Å². The van der Waals surface area contributed by atoms with Gasteiger partial charge < -0.3 is 20.3 Å². The Morgan fingerprint density at radius 3 is 1.06 bits per heavy atom. The van der Waals surface area contributed by atoms with Gasteiger partial charge in [0.15, 0.2) is 0 Å². The van der Waals surface area contributed by atoms with E-state index in [1.54, 1.807) is 0 Å². The highest BCUT2D eigenvalue weighted by Gasteiger charge is 2.20. The van der Waals surface area contributed by atoms with Gasteiger partial charge in [0.1, 0.15) is 0 Å². The van der Waals surface area contributed by atoms with Crippen LogP contribution in [0.1, 0.15) is 348 Å². The standard InChI is InChI=1S/C62H121NO5/c1-3-5-7-9-11-13-15-17-19-21-22-23-24-25-26-27-30-34-38-42-46-50-54-60(65)59(58-64)63-61(66)55-51-47-43-39-35-31-29-33-37-41-45-49-53-57-68-62(67)56-52-48-44-40-36-32-28-20-18-16-14-12-10-8-6-4-2/h31,35,59-60,64-65H,3-30,32-34,36-58H2,1-2H3,(H,63,66)/b35-31-. The van der Waals surface area contributed by atoms with E-state index in [1.807, 2.05) is 0 Å². The molecule has 3 N–H and O–H groups in total. The third-order valence-corrected chi connectivity index (χ3v) is 14.6. The number of esters is 1. The molecule has 0 rings (SSSR count). The molecule has 0 aromatic heterocycles. The van der Waals surface area contributed by atoms with Crippen molar-refractivity contribution in [3.8, 4) is 0 Å². The van der Waals surface area contributed by atoms with Gasteiger partial charge in [-0.2, -0.15) is 0 Å². The monoisotopic (exact) mass is 960 g/mol.